The smallest absolute Gasteiger partial charge is 0.235 e. The van der Waals surface area contributed by atoms with E-state index < -0.39 is 15.3 Å². The van der Waals surface area contributed by atoms with Crippen molar-refractivity contribution in [1.82, 2.24) is 0 Å². The number of aliphatic hydroxyl groups excluding tert-OH is 1. The van der Waals surface area contributed by atoms with E-state index in [-0.39, 0.29) is 6.61 Å². The van der Waals surface area contributed by atoms with Gasteiger partial charge in [0.05, 0.1) is 5.25 Å². The van der Waals surface area contributed by atoms with Crippen molar-refractivity contribution in [3.8, 4) is 0 Å². The van der Waals surface area contributed by atoms with Gasteiger partial charge in [-0.05, 0) is 44.4 Å². The number of nitrogens with one attached hydrogen (secondary N) is 1. The number of hydrogen-bond donors (Lipinski definition) is 2. The molecule has 0 aromatic heterocycles. The first-order valence-corrected chi connectivity index (χ1v) is 7.22. The predicted molar refractivity (Wildman–Crippen MR) is 69.5 cm³/mol. The lowest BCUT2D eigenvalue weighted by molar-refractivity contribution is 0.288. The number of hydrogen-bond acceptors (Lipinski definition) is 3. The van der Waals surface area contributed by atoms with Crippen molar-refractivity contribution in [3.05, 3.63) is 29.8 Å². The first-order valence-electron chi connectivity index (χ1n) is 5.67. The lowest BCUT2D eigenvalue weighted by atomic mass is 10.1. The number of benzene rings is 1. The molecule has 17 heavy (non-hydrogen) atoms. The second-order valence-corrected chi connectivity index (χ2v) is 6.46. The van der Waals surface area contributed by atoms with E-state index in [1.54, 1.807) is 26.0 Å². The zero-order valence-electron chi connectivity index (χ0n) is 10.2. The van der Waals surface area contributed by atoms with Gasteiger partial charge in [-0.2, -0.15) is 0 Å². The van der Waals surface area contributed by atoms with Gasteiger partial charge < -0.3 is 5.11 Å². The standard InChI is InChI=1S/C12H19NO3S/c1-10(2)17(15,16)13-12-7-3-5-11(9-12)6-4-8-14/h3,5,7,9-10,13-14H,4,6,8H2,1-2H3. The highest BCUT2D eigenvalue weighted by molar-refractivity contribution is 7.93. The van der Waals surface area contributed by atoms with E-state index in [0.717, 1.165) is 12.0 Å². The highest BCUT2D eigenvalue weighted by atomic mass is 32.2. The maximum Gasteiger partial charge on any atom is 0.235 e. The van der Waals surface area contributed by atoms with Crippen molar-refractivity contribution < 1.29 is 13.5 Å². The van der Waals surface area contributed by atoms with E-state index in [1.165, 1.54) is 0 Å². The van der Waals surface area contributed by atoms with Gasteiger partial charge in [-0.15, -0.1) is 0 Å². The minimum absolute atomic E-state index is 0.141. The van der Waals surface area contributed by atoms with E-state index in [9.17, 15) is 8.42 Å². The minimum Gasteiger partial charge on any atom is -0.396 e. The molecule has 0 fully saturated rings. The molecule has 0 aliphatic rings. The summed E-state index contributed by atoms with van der Waals surface area (Å²) >= 11 is 0. The van der Waals surface area contributed by atoms with Crippen LogP contribution in [0, 0.1) is 0 Å². The highest BCUT2D eigenvalue weighted by Crippen LogP contribution is 2.15. The topological polar surface area (TPSA) is 66.4 Å². The normalized spacial score (nSPS) is 11.8. The summed E-state index contributed by atoms with van der Waals surface area (Å²) in [5.74, 6) is 0. The van der Waals surface area contributed by atoms with Crippen LogP contribution in [0.4, 0.5) is 5.69 Å². The van der Waals surface area contributed by atoms with Crippen LogP contribution in [0.25, 0.3) is 0 Å². The molecule has 0 atom stereocenters. The molecule has 0 aliphatic heterocycles. The Morgan fingerprint density at radius 1 is 1.35 bits per heavy atom. The summed E-state index contributed by atoms with van der Waals surface area (Å²) in [6, 6.07) is 7.26. The fourth-order valence-corrected chi connectivity index (χ4v) is 2.05. The molecule has 1 aromatic carbocycles. The SMILES string of the molecule is CC(C)S(=O)(=O)Nc1cccc(CCCO)c1. The molecule has 96 valence electrons. The molecule has 0 radical (unpaired) electrons. The number of aryl methyl sites for hydroxylation is 1. The fraction of sp³-hybridized carbons (Fsp3) is 0.500. The summed E-state index contributed by atoms with van der Waals surface area (Å²) in [5.41, 5.74) is 1.59. The molecular formula is C12H19NO3S. The van der Waals surface area contributed by atoms with Crippen molar-refractivity contribution in [1.29, 1.82) is 0 Å². The molecule has 0 unspecified atom stereocenters. The number of sulfonamides is 1. The van der Waals surface area contributed by atoms with Crippen molar-refractivity contribution in [3.63, 3.8) is 0 Å². The summed E-state index contributed by atoms with van der Waals surface area (Å²) in [5, 5.41) is 8.29. The third-order valence-electron chi connectivity index (χ3n) is 2.43. The molecule has 0 amide bonds. The van der Waals surface area contributed by atoms with Crippen LogP contribution >= 0.6 is 0 Å². The van der Waals surface area contributed by atoms with Crippen LogP contribution in [0.5, 0.6) is 0 Å². The molecule has 0 saturated heterocycles. The third-order valence-corrected chi connectivity index (χ3v) is 4.19. The van der Waals surface area contributed by atoms with Gasteiger partial charge in [0.25, 0.3) is 0 Å². The van der Waals surface area contributed by atoms with Gasteiger partial charge >= 0.3 is 0 Å². The summed E-state index contributed by atoms with van der Waals surface area (Å²) in [6.07, 6.45) is 1.42. The Morgan fingerprint density at radius 2 is 2.06 bits per heavy atom. The molecule has 0 spiro atoms. The number of rotatable bonds is 6. The molecule has 1 aromatic rings. The molecule has 5 heteroatoms. The van der Waals surface area contributed by atoms with Gasteiger partial charge in [0, 0.05) is 12.3 Å². The summed E-state index contributed by atoms with van der Waals surface area (Å²) < 4.78 is 25.9. The predicted octanol–water partition coefficient (Wildman–Crippen LogP) is 1.76. The molecule has 0 bridgehead atoms. The zero-order valence-corrected chi connectivity index (χ0v) is 11.0. The molecule has 1 rings (SSSR count). The second-order valence-electron chi connectivity index (χ2n) is 4.22. The second kappa shape index (κ2) is 6.02. The van der Waals surface area contributed by atoms with Crippen LogP contribution in [-0.2, 0) is 16.4 Å². The van der Waals surface area contributed by atoms with E-state index in [4.69, 9.17) is 5.11 Å². The van der Waals surface area contributed by atoms with E-state index in [0.29, 0.717) is 12.1 Å². The van der Waals surface area contributed by atoms with Crippen molar-refractivity contribution >= 4 is 15.7 Å². The van der Waals surface area contributed by atoms with Gasteiger partial charge in [0.15, 0.2) is 0 Å². The van der Waals surface area contributed by atoms with Crippen LogP contribution in [0.2, 0.25) is 0 Å². The minimum atomic E-state index is -3.29. The van der Waals surface area contributed by atoms with Gasteiger partial charge in [-0.3, -0.25) is 4.72 Å². The van der Waals surface area contributed by atoms with Crippen molar-refractivity contribution in [2.75, 3.05) is 11.3 Å². The average Bonchev–Trinajstić information content (AvgIpc) is 2.26. The van der Waals surface area contributed by atoms with E-state index in [2.05, 4.69) is 4.72 Å². The van der Waals surface area contributed by atoms with Gasteiger partial charge in [0.1, 0.15) is 0 Å². The first-order chi connectivity index (χ1) is 7.95. The lowest BCUT2D eigenvalue weighted by Gasteiger charge is -2.11. The van der Waals surface area contributed by atoms with Crippen LogP contribution in [0.3, 0.4) is 0 Å². The molecule has 0 heterocycles. The van der Waals surface area contributed by atoms with Crippen LogP contribution in [0.15, 0.2) is 24.3 Å². The molecule has 0 aliphatic carbocycles. The fourth-order valence-electron chi connectivity index (χ4n) is 1.36. The first kappa shape index (κ1) is 14.0. The lowest BCUT2D eigenvalue weighted by Crippen LogP contribution is -2.22. The van der Waals surface area contributed by atoms with Crippen molar-refractivity contribution in [2.45, 2.75) is 31.9 Å². The monoisotopic (exact) mass is 257 g/mol. The van der Waals surface area contributed by atoms with Crippen LogP contribution < -0.4 is 4.72 Å². The Morgan fingerprint density at radius 3 is 2.65 bits per heavy atom. The summed E-state index contributed by atoms with van der Waals surface area (Å²) in [7, 11) is -3.29. The Bertz CT molecular complexity index is 455. The zero-order chi connectivity index (χ0) is 12.9. The van der Waals surface area contributed by atoms with Gasteiger partial charge in [-0.1, -0.05) is 12.1 Å². The van der Waals surface area contributed by atoms with Crippen LogP contribution in [-0.4, -0.2) is 25.4 Å². The molecule has 2 N–H and O–H groups in total. The van der Waals surface area contributed by atoms with E-state index in [1.807, 2.05) is 12.1 Å². The van der Waals surface area contributed by atoms with Gasteiger partial charge in [-0.25, -0.2) is 8.42 Å². The quantitative estimate of drug-likeness (QED) is 0.816. The Kier molecular flexibility index (Phi) is 4.96. The third kappa shape index (κ3) is 4.36. The molecule has 4 nitrogen and oxygen atoms in total. The number of aliphatic hydroxyl groups is 1. The maximum atomic E-state index is 11.7. The molecular weight excluding hydrogens is 238 g/mol. The highest BCUT2D eigenvalue weighted by Gasteiger charge is 2.15. The Hall–Kier alpha value is -1.07. The Balaban J connectivity index is 2.79. The number of anilines is 1. The van der Waals surface area contributed by atoms with Crippen molar-refractivity contribution in [2.24, 2.45) is 0 Å². The van der Waals surface area contributed by atoms with E-state index >= 15 is 0 Å². The Labute approximate surface area is 103 Å². The molecule has 0 saturated carbocycles. The largest absolute Gasteiger partial charge is 0.396 e. The summed E-state index contributed by atoms with van der Waals surface area (Å²) in [6.45, 7) is 3.41. The average molecular weight is 257 g/mol. The van der Waals surface area contributed by atoms with Gasteiger partial charge in [0.2, 0.25) is 10.0 Å². The maximum absolute atomic E-state index is 11.7. The summed E-state index contributed by atoms with van der Waals surface area (Å²) in [4.78, 5) is 0. The van der Waals surface area contributed by atoms with Crippen LogP contribution in [0.1, 0.15) is 25.8 Å².